The molecule has 1 amide bonds. The summed E-state index contributed by atoms with van der Waals surface area (Å²) in [6.07, 6.45) is 0. The molecule has 2 N–H and O–H groups in total. The molecule has 6 nitrogen and oxygen atoms in total. The fraction of sp³-hybridized carbons (Fsp3) is 0. The van der Waals surface area contributed by atoms with E-state index in [0.717, 1.165) is 20.8 Å². The molecule has 168 valence electrons. The second-order valence-electron chi connectivity index (χ2n) is 7.52. The van der Waals surface area contributed by atoms with E-state index < -0.39 is 10.0 Å². The summed E-state index contributed by atoms with van der Waals surface area (Å²) in [4.78, 5) is 17.6. The van der Waals surface area contributed by atoms with Gasteiger partial charge < -0.3 is 5.32 Å². The summed E-state index contributed by atoms with van der Waals surface area (Å²) in [6.45, 7) is 0. The molecule has 0 aliphatic rings. The van der Waals surface area contributed by atoms with Gasteiger partial charge in [0.25, 0.3) is 15.9 Å². The van der Waals surface area contributed by atoms with E-state index in [9.17, 15) is 13.2 Å². The van der Waals surface area contributed by atoms with E-state index in [0.29, 0.717) is 16.9 Å². The van der Waals surface area contributed by atoms with Crippen molar-refractivity contribution in [3.63, 3.8) is 0 Å². The van der Waals surface area contributed by atoms with Gasteiger partial charge >= 0.3 is 0 Å². The third kappa shape index (κ3) is 4.68. The number of aromatic nitrogens is 1. The van der Waals surface area contributed by atoms with Crippen molar-refractivity contribution in [2.45, 2.75) is 4.90 Å². The maximum atomic E-state index is 12.8. The number of anilines is 2. The summed E-state index contributed by atoms with van der Waals surface area (Å²) in [7, 11) is -3.69. The van der Waals surface area contributed by atoms with Crippen LogP contribution in [0.25, 0.3) is 20.8 Å². The van der Waals surface area contributed by atoms with Crippen LogP contribution in [-0.4, -0.2) is 19.3 Å². The van der Waals surface area contributed by atoms with E-state index in [4.69, 9.17) is 0 Å². The molecule has 0 atom stereocenters. The number of hydrogen-bond donors (Lipinski definition) is 2. The predicted molar refractivity (Wildman–Crippen MR) is 137 cm³/mol. The van der Waals surface area contributed by atoms with Gasteiger partial charge in [-0.1, -0.05) is 42.5 Å². The second kappa shape index (κ2) is 9.09. The molecule has 5 rings (SSSR count). The van der Waals surface area contributed by atoms with Crippen molar-refractivity contribution in [3.05, 3.63) is 109 Å². The number of fused-ring (bicyclic) bond motifs is 1. The van der Waals surface area contributed by atoms with Gasteiger partial charge in [-0.15, -0.1) is 11.3 Å². The molecule has 0 spiro atoms. The standard InChI is InChI=1S/C26H19N3O3S2/c30-25(18-13-15-20(16-14-18)29-34(31,32)22-9-2-1-3-10-22)27-21-8-6-7-19(17-21)26-28-23-11-4-5-12-24(23)33-26/h1-17,29H,(H,27,30). The van der Waals surface area contributed by atoms with Crippen molar-refractivity contribution < 1.29 is 13.2 Å². The first-order valence-electron chi connectivity index (χ1n) is 10.4. The van der Waals surface area contributed by atoms with E-state index >= 15 is 0 Å². The molecular weight excluding hydrogens is 466 g/mol. The van der Waals surface area contributed by atoms with Gasteiger partial charge in [-0.3, -0.25) is 9.52 Å². The Labute approximate surface area is 201 Å². The molecule has 0 saturated carbocycles. The highest BCUT2D eigenvalue weighted by molar-refractivity contribution is 7.92. The molecule has 1 heterocycles. The van der Waals surface area contributed by atoms with Gasteiger partial charge in [-0.2, -0.15) is 0 Å². The highest BCUT2D eigenvalue weighted by Gasteiger charge is 2.14. The lowest BCUT2D eigenvalue weighted by molar-refractivity contribution is 0.102. The first kappa shape index (κ1) is 21.8. The van der Waals surface area contributed by atoms with Crippen molar-refractivity contribution in [1.29, 1.82) is 0 Å². The lowest BCUT2D eigenvalue weighted by Gasteiger charge is -2.10. The van der Waals surface area contributed by atoms with Gasteiger partial charge in [-0.05, 0) is 60.7 Å². The largest absolute Gasteiger partial charge is 0.322 e. The first-order chi connectivity index (χ1) is 16.5. The number of carbonyl (C=O) groups is 1. The van der Waals surface area contributed by atoms with Crippen molar-refractivity contribution in [1.82, 2.24) is 4.98 Å². The van der Waals surface area contributed by atoms with Crippen LogP contribution in [0.1, 0.15) is 10.4 Å². The number of para-hydroxylation sites is 1. The lowest BCUT2D eigenvalue weighted by Crippen LogP contribution is -2.14. The summed E-state index contributed by atoms with van der Waals surface area (Å²) in [6, 6.07) is 29.9. The highest BCUT2D eigenvalue weighted by atomic mass is 32.2. The number of hydrogen-bond acceptors (Lipinski definition) is 5. The maximum absolute atomic E-state index is 12.8. The number of amides is 1. The fourth-order valence-electron chi connectivity index (χ4n) is 3.43. The van der Waals surface area contributed by atoms with Crippen LogP contribution in [0.4, 0.5) is 11.4 Å². The predicted octanol–water partition coefficient (Wildman–Crippen LogP) is 6.02. The fourth-order valence-corrected chi connectivity index (χ4v) is 5.47. The van der Waals surface area contributed by atoms with Gasteiger partial charge in [0.2, 0.25) is 0 Å². The first-order valence-corrected chi connectivity index (χ1v) is 12.7. The third-order valence-corrected chi connectivity index (χ3v) is 7.60. The Balaban J connectivity index is 1.30. The van der Waals surface area contributed by atoms with Crippen LogP contribution in [0.3, 0.4) is 0 Å². The molecule has 0 aliphatic carbocycles. The van der Waals surface area contributed by atoms with Crippen LogP contribution in [0.5, 0.6) is 0 Å². The SMILES string of the molecule is O=C(Nc1cccc(-c2nc3ccccc3s2)c1)c1ccc(NS(=O)(=O)c2ccccc2)cc1. The maximum Gasteiger partial charge on any atom is 0.261 e. The Morgan fingerprint density at radius 2 is 1.50 bits per heavy atom. The van der Waals surface area contributed by atoms with E-state index in [-0.39, 0.29) is 10.8 Å². The molecule has 1 aromatic heterocycles. The minimum absolute atomic E-state index is 0.171. The number of thiazole rings is 1. The van der Waals surface area contributed by atoms with Crippen LogP contribution in [-0.2, 0) is 10.0 Å². The topological polar surface area (TPSA) is 88.2 Å². The van der Waals surface area contributed by atoms with E-state index in [1.54, 1.807) is 53.8 Å². The van der Waals surface area contributed by atoms with Gasteiger partial charge in [0.05, 0.1) is 15.1 Å². The molecule has 0 unspecified atom stereocenters. The number of carbonyl (C=O) groups excluding carboxylic acids is 1. The van der Waals surface area contributed by atoms with Crippen molar-refractivity contribution in [2.24, 2.45) is 0 Å². The number of benzene rings is 4. The van der Waals surface area contributed by atoms with Crippen LogP contribution < -0.4 is 10.0 Å². The molecule has 0 saturated heterocycles. The quantitative estimate of drug-likeness (QED) is 0.308. The normalized spacial score (nSPS) is 11.3. The van der Waals surface area contributed by atoms with Crippen LogP contribution in [0, 0.1) is 0 Å². The van der Waals surface area contributed by atoms with E-state index in [2.05, 4.69) is 15.0 Å². The zero-order valence-electron chi connectivity index (χ0n) is 17.8. The Kier molecular flexibility index (Phi) is 5.83. The van der Waals surface area contributed by atoms with Gasteiger partial charge in [-0.25, -0.2) is 13.4 Å². The number of nitrogens with one attached hydrogen (secondary N) is 2. The van der Waals surface area contributed by atoms with Crippen molar-refractivity contribution in [2.75, 3.05) is 10.0 Å². The number of rotatable bonds is 6. The van der Waals surface area contributed by atoms with Gasteiger partial charge in [0.15, 0.2) is 0 Å². The van der Waals surface area contributed by atoms with E-state index in [1.165, 1.54) is 12.1 Å². The zero-order valence-corrected chi connectivity index (χ0v) is 19.4. The number of sulfonamides is 1. The molecule has 0 bridgehead atoms. The molecule has 4 aromatic carbocycles. The minimum atomic E-state index is -3.69. The zero-order chi connectivity index (χ0) is 23.5. The summed E-state index contributed by atoms with van der Waals surface area (Å²) >= 11 is 1.60. The summed E-state index contributed by atoms with van der Waals surface area (Å²) < 4.78 is 28.6. The van der Waals surface area contributed by atoms with Gasteiger partial charge in [0, 0.05) is 22.5 Å². The highest BCUT2D eigenvalue weighted by Crippen LogP contribution is 2.31. The smallest absolute Gasteiger partial charge is 0.261 e. The number of nitrogens with zero attached hydrogens (tertiary/aromatic N) is 1. The molecule has 0 fully saturated rings. The molecule has 34 heavy (non-hydrogen) atoms. The lowest BCUT2D eigenvalue weighted by atomic mass is 10.1. The average molecular weight is 486 g/mol. The summed E-state index contributed by atoms with van der Waals surface area (Å²) in [5, 5.41) is 3.78. The molecule has 0 radical (unpaired) electrons. The van der Waals surface area contributed by atoms with Crippen LogP contribution >= 0.6 is 11.3 Å². The second-order valence-corrected chi connectivity index (χ2v) is 10.2. The Morgan fingerprint density at radius 1 is 0.765 bits per heavy atom. The van der Waals surface area contributed by atoms with E-state index in [1.807, 2.05) is 48.5 Å². The summed E-state index contributed by atoms with van der Waals surface area (Å²) in [5.74, 6) is -0.293. The minimum Gasteiger partial charge on any atom is -0.322 e. The Hall–Kier alpha value is -4.01. The molecule has 0 aliphatic heterocycles. The molecular formula is C26H19N3O3S2. The van der Waals surface area contributed by atoms with Crippen molar-refractivity contribution in [3.8, 4) is 10.6 Å². The average Bonchev–Trinajstić information content (AvgIpc) is 3.29. The molecule has 8 heteroatoms. The van der Waals surface area contributed by atoms with Crippen molar-refractivity contribution >= 4 is 48.9 Å². The molecule has 5 aromatic rings. The monoisotopic (exact) mass is 485 g/mol. The van der Waals surface area contributed by atoms with Crippen LogP contribution in [0.2, 0.25) is 0 Å². The Bertz CT molecular complexity index is 1550. The summed E-state index contributed by atoms with van der Waals surface area (Å²) in [5.41, 5.74) is 3.30. The van der Waals surface area contributed by atoms with Gasteiger partial charge in [0.1, 0.15) is 5.01 Å². The Morgan fingerprint density at radius 3 is 2.26 bits per heavy atom. The third-order valence-electron chi connectivity index (χ3n) is 5.11. The van der Waals surface area contributed by atoms with Crippen LogP contribution in [0.15, 0.2) is 108 Å².